The van der Waals surface area contributed by atoms with Crippen molar-refractivity contribution < 1.29 is 4.74 Å². The number of hydrogen-bond donors (Lipinski definition) is 1. The van der Waals surface area contributed by atoms with Crippen LogP contribution in [0.25, 0.3) is 0 Å². The summed E-state index contributed by atoms with van der Waals surface area (Å²) in [5.41, 5.74) is 7.37. The molecule has 0 spiro atoms. The molecule has 1 aliphatic heterocycles. The second-order valence-corrected chi connectivity index (χ2v) is 6.22. The molecular weight excluding hydrogens is 252 g/mol. The van der Waals surface area contributed by atoms with Crippen LogP contribution in [0.3, 0.4) is 0 Å². The molecule has 3 unspecified atom stereocenters. The van der Waals surface area contributed by atoms with Gasteiger partial charge in [-0.3, -0.25) is 4.90 Å². The van der Waals surface area contributed by atoms with Gasteiger partial charge in [0.05, 0.1) is 30.8 Å². The predicted octanol–water partition coefficient (Wildman–Crippen LogP) is 1.72. The van der Waals surface area contributed by atoms with E-state index in [1.54, 1.807) is 0 Å². The highest BCUT2D eigenvalue weighted by molar-refractivity contribution is 5.10. The average Bonchev–Trinajstić information content (AvgIpc) is 3.08. The highest BCUT2D eigenvalue weighted by Gasteiger charge is 2.39. The van der Waals surface area contributed by atoms with Gasteiger partial charge in [-0.2, -0.15) is 0 Å². The minimum atomic E-state index is 0.259. The lowest BCUT2D eigenvalue weighted by Crippen LogP contribution is -2.51. The van der Waals surface area contributed by atoms with Gasteiger partial charge in [-0.25, -0.2) is 4.98 Å². The van der Waals surface area contributed by atoms with E-state index in [1.165, 1.54) is 25.0 Å². The fraction of sp³-hybridized carbons (Fsp3) is 0.800. The van der Waals surface area contributed by atoms with Crippen molar-refractivity contribution in [3.05, 3.63) is 18.2 Å². The molecule has 5 heteroatoms. The van der Waals surface area contributed by atoms with Crippen molar-refractivity contribution in [1.82, 2.24) is 14.5 Å². The molecule has 2 aliphatic rings. The first kappa shape index (κ1) is 14.0. The van der Waals surface area contributed by atoms with Crippen molar-refractivity contribution >= 4 is 0 Å². The Bertz CT molecular complexity index is 445. The molecule has 20 heavy (non-hydrogen) atoms. The summed E-state index contributed by atoms with van der Waals surface area (Å²) in [5.74, 6) is 0. The Morgan fingerprint density at radius 3 is 3.05 bits per heavy atom. The second-order valence-electron chi connectivity index (χ2n) is 6.22. The van der Waals surface area contributed by atoms with Crippen molar-refractivity contribution in [3.8, 4) is 0 Å². The van der Waals surface area contributed by atoms with Gasteiger partial charge in [-0.1, -0.05) is 0 Å². The Kier molecular flexibility index (Phi) is 4.10. The molecule has 2 heterocycles. The van der Waals surface area contributed by atoms with Gasteiger partial charge in [0, 0.05) is 31.4 Å². The number of nitrogens with zero attached hydrogens (tertiary/aromatic N) is 3. The number of nitrogens with two attached hydrogens (primary N) is 1. The molecule has 112 valence electrons. The Hall–Kier alpha value is -0.910. The van der Waals surface area contributed by atoms with E-state index in [2.05, 4.69) is 28.3 Å². The van der Waals surface area contributed by atoms with Gasteiger partial charge in [-0.15, -0.1) is 0 Å². The van der Waals surface area contributed by atoms with E-state index >= 15 is 0 Å². The van der Waals surface area contributed by atoms with Gasteiger partial charge in [0.25, 0.3) is 0 Å². The first-order valence-electron chi connectivity index (χ1n) is 7.81. The fourth-order valence-corrected chi connectivity index (χ4v) is 3.77. The molecule has 5 nitrogen and oxygen atoms in total. The van der Waals surface area contributed by atoms with Crippen LogP contribution in [-0.4, -0.2) is 46.3 Å². The first-order valence-corrected chi connectivity index (χ1v) is 7.81. The van der Waals surface area contributed by atoms with E-state index in [-0.39, 0.29) is 6.04 Å². The number of ether oxygens (including phenoxy) is 1. The highest BCUT2D eigenvalue weighted by Crippen LogP contribution is 2.35. The van der Waals surface area contributed by atoms with Gasteiger partial charge < -0.3 is 15.0 Å². The molecule has 0 bridgehead atoms. The summed E-state index contributed by atoms with van der Waals surface area (Å²) < 4.78 is 8.16. The lowest BCUT2D eigenvalue weighted by atomic mass is 10.0. The lowest BCUT2D eigenvalue weighted by Gasteiger charge is -2.42. The van der Waals surface area contributed by atoms with Crippen LogP contribution in [0.5, 0.6) is 0 Å². The molecule has 3 rings (SSSR count). The van der Waals surface area contributed by atoms with Crippen LogP contribution in [0, 0.1) is 0 Å². The maximum atomic E-state index is 6.12. The van der Waals surface area contributed by atoms with Crippen molar-refractivity contribution in [2.75, 3.05) is 19.7 Å². The minimum absolute atomic E-state index is 0.259. The quantitative estimate of drug-likeness (QED) is 0.911. The smallest absolute Gasteiger partial charge is 0.0951 e. The lowest BCUT2D eigenvalue weighted by molar-refractivity contribution is -0.0722. The zero-order valence-electron chi connectivity index (χ0n) is 12.5. The largest absolute Gasteiger partial charge is 0.375 e. The van der Waals surface area contributed by atoms with Crippen molar-refractivity contribution in [1.29, 1.82) is 0 Å². The summed E-state index contributed by atoms with van der Waals surface area (Å²) in [6.45, 7) is 6.83. The summed E-state index contributed by atoms with van der Waals surface area (Å²) in [7, 11) is 0. The van der Waals surface area contributed by atoms with Crippen LogP contribution in [0.4, 0.5) is 0 Å². The van der Waals surface area contributed by atoms with E-state index in [0.29, 0.717) is 24.7 Å². The summed E-state index contributed by atoms with van der Waals surface area (Å²) in [5, 5.41) is 0. The summed E-state index contributed by atoms with van der Waals surface area (Å²) in [6, 6.07) is 1.21. The monoisotopic (exact) mass is 278 g/mol. The number of fused-ring (bicyclic) bond motifs is 1. The standard InChI is InChI=1S/C15H26N4O/c1-11(2)19-10-17-9-14(19)13(8-16)18-6-7-20-15-5-3-4-12(15)18/h9-13,15H,3-8,16H2,1-2H3. The first-order chi connectivity index (χ1) is 9.72. The third kappa shape index (κ3) is 2.38. The number of morpholine rings is 1. The summed E-state index contributed by atoms with van der Waals surface area (Å²) >= 11 is 0. The van der Waals surface area contributed by atoms with E-state index in [9.17, 15) is 0 Å². The Balaban J connectivity index is 1.87. The zero-order chi connectivity index (χ0) is 14.1. The molecular formula is C15H26N4O. The number of imidazole rings is 1. The van der Waals surface area contributed by atoms with Crippen LogP contribution < -0.4 is 5.73 Å². The molecule has 1 saturated carbocycles. The topological polar surface area (TPSA) is 56.3 Å². The number of aromatic nitrogens is 2. The normalized spacial score (nSPS) is 28.8. The molecule has 0 aromatic carbocycles. The predicted molar refractivity (Wildman–Crippen MR) is 78.5 cm³/mol. The molecule has 2 N–H and O–H groups in total. The van der Waals surface area contributed by atoms with Gasteiger partial charge in [0.1, 0.15) is 0 Å². The van der Waals surface area contributed by atoms with Gasteiger partial charge in [0.2, 0.25) is 0 Å². The van der Waals surface area contributed by atoms with Gasteiger partial charge >= 0.3 is 0 Å². The van der Waals surface area contributed by atoms with Crippen LogP contribution in [0.1, 0.15) is 50.9 Å². The maximum absolute atomic E-state index is 6.12. The van der Waals surface area contributed by atoms with E-state index in [0.717, 1.165) is 13.2 Å². The summed E-state index contributed by atoms with van der Waals surface area (Å²) in [6.07, 6.45) is 8.02. The van der Waals surface area contributed by atoms with E-state index < -0.39 is 0 Å². The molecule has 0 amide bonds. The molecule has 2 fully saturated rings. The number of hydrogen-bond acceptors (Lipinski definition) is 4. The van der Waals surface area contributed by atoms with E-state index in [1.807, 2.05) is 12.5 Å². The minimum Gasteiger partial charge on any atom is -0.375 e. The van der Waals surface area contributed by atoms with Crippen LogP contribution in [-0.2, 0) is 4.74 Å². The van der Waals surface area contributed by atoms with E-state index in [4.69, 9.17) is 10.5 Å². The second kappa shape index (κ2) is 5.84. The Morgan fingerprint density at radius 2 is 2.30 bits per heavy atom. The van der Waals surface area contributed by atoms with Crippen LogP contribution in [0.2, 0.25) is 0 Å². The third-order valence-corrected chi connectivity index (χ3v) is 4.74. The maximum Gasteiger partial charge on any atom is 0.0951 e. The average molecular weight is 278 g/mol. The molecule has 1 saturated heterocycles. The molecule has 1 aromatic rings. The Morgan fingerprint density at radius 1 is 1.45 bits per heavy atom. The summed E-state index contributed by atoms with van der Waals surface area (Å²) in [4.78, 5) is 6.91. The van der Waals surface area contributed by atoms with Crippen molar-refractivity contribution in [2.45, 2.75) is 57.3 Å². The van der Waals surface area contributed by atoms with Crippen LogP contribution >= 0.6 is 0 Å². The SMILES string of the molecule is CC(C)n1cncc1C(CN)N1CCOC2CCCC21. The van der Waals surface area contributed by atoms with Crippen molar-refractivity contribution in [3.63, 3.8) is 0 Å². The zero-order valence-corrected chi connectivity index (χ0v) is 12.5. The fourth-order valence-electron chi connectivity index (χ4n) is 3.77. The third-order valence-electron chi connectivity index (χ3n) is 4.74. The molecule has 1 aliphatic carbocycles. The van der Waals surface area contributed by atoms with Gasteiger partial charge in [0.15, 0.2) is 0 Å². The van der Waals surface area contributed by atoms with Crippen molar-refractivity contribution in [2.24, 2.45) is 5.73 Å². The molecule has 1 aromatic heterocycles. The molecule has 0 radical (unpaired) electrons. The number of rotatable bonds is 4. The highest BCUT2D eigenvalue weighted by atomic mass is 16.5. The van der Waals surface area contributed by atoms with Gasteiger partial charge in [-0.05, 0) is 33.1 Å². The van der Waals surface area contributed by atoms with Crippen LogP contribution in [0.15, 0.2) is 12.5 Å². The Labute approximate surface area is 121 Å². The molecule has 3 atom stereocenters.